The fourth-order valence-electron chi connectivity index (χ4n) is 3.56. The molecule has 0 radical (unpaired) electrons. The first-order valence-corrected chi connectivity index (χ1v) is 8.25. The monoisotopic (exact) mass is 323 g/mol. The van der Waals surface area contributed by atoms with Crippen molar-refractivity contribution in [3.63, 3.8) is 0 Å². The van der Waals surface area contributed by atoms with Gasteiger partial charge in [0.25, 0.3) is 12.3 Å². The topological polar surface area (TPSA) is 38.1 Å². The summed E-state index contributed by atoms with van der Waals surface area (Å²) in [5.74, 6) is 0.842. The first-order chi connectivity index (χ1) is 11.0. The molecule has 0 aromatic carbocycles. The minimum Gasteiger partial charge on any atom is -0.337 e. The summed E-state index contributed by atoms with van der Waals surface area (Å²) in [5, 5.41) is 4.16. The Kier molecular flexibility index (Phi) is 4.50. The molecule has 1 aromatic heterocycles. The molecule has 0 spiro atoms. The van der Waals surface area contributed by atoms with Crippen LogP contribution in [0.2, 0.25) is 0 Å². The summed E-state index contributed by atoms with van der Waals surface area (Å²) in [5.41, 5.74) is -0.323. The van der Waals surface area contributed by atoms with E-state index in [2.05, 4.69) is 17.3 Å². The number of hydrogen-bond donors (Lipinski definition) is 0. The molecule has 3 rings (SSSR count). The molecular formula is C17H23F2N3O. The Morgan fingerprint density at radius 3 is 2.39 bits per heavy atom. The maximum Gasteiger partial charge on any atom is 0.274 e. The van der Waals surface area contributed by atoms with Gasteiger partial charge in [0.15, 0.2) is 5.69 Å². The van der Waals surface area contributed by atoms with Gasteiger partial charge in [-0.2, -0.15) is 5.10 Å². The van der Waals surface area contributed by atoms with Gasteiger partial charge in [0.1, 0.15) is 0 Å². The van der Waals surface area contributed by atoms with Crippen LogP contribution in [0.3, 0.4) is 0 Å². The van der Waals surface area contributed by atoms with E-state index < -0.39 is 6.43 Å². The maximum atomic E-state index is 13.3. The molecule has 0 unspecified atom stereocenters. The van der Waals surface area contributed by atoms with E-state index in [1.54, 1.807) is 4.90 Å². The zero-order chi connectivity index (χ0) is 16.6. The lowest BCUT2D eigenvalue weighted by atomic mass is 9.86. The minimum absolute atomic E-state index is 0.0766. The normalized spacial score (nSPS) is 23.8. The van der Waals surface area contributed by atoms with Crippen molar-refractivity contribution in [3.05, 3.63) is 29.6 Å². The molecular weight excluding hydrogens is 300 g/mol. The second-order valence-electron chi connectivity index (χ2n) is 7.02. The standard InChI is InChI=1S/C17H23F2N3O/c1-11(2)7-22-10-14(16(18)19)15(20-22)17(23)21-8-12-5-3-4-6-13(12)9-21/h3-4,10-13,16H,5-9H2,1-2H3/t12-,13+. The zero-order valence-electron chi connectivity index (χ0n) is 13.6. The van der Waals surface area contributed by atoms with Crippen molar-refractivity contribution >= 4 is 5.91 Å². The zero-order valence-corrected chi connectivity index (χ0v) is 13.6. The first kappa shape index (κ1) is 16.1. The van der Waals surface area contributed by atoms with E-state index in [4.69, 9.17) is 0 Å². The summed E-state index contributed by atoms with van der Waals surface area (Å²) in [6.45, 7) is 5.80. The average Bonchev–Trinajstić information content (AvgIpc) is 3.09. The number of alkyl halides is 2. The third-order valence-corrected chi connectivity index (χ3v) is 4.69. The van der Waals surface area contributed by atoms with Crippen molar-refractivity contribution in [2.45, 2.75) is 39.7 Å². The van der Waals surface area contributed by atoms with Gasteiger partial charge in [0, 0.05) is 25.8 Å². The quantitative estimate of drug-likeness (QED) is 0.795. The second-order valence-corrected chi connectivity index (χ2v) is 7.02. The molecule has 126 valence electrons. The molecule has 0 N–H and O–H groups in total. The highest BCUT2D eigenvalue weighted by Crippen LogP contribution is 2.34. The molecule has 0 saturated carbocycles. The molecule has 1 aliphatic carbocycles. The third-order valence-electron chi connectivity index (χ3n) is 4.69. The van der Waals surface area contributed by atoms with Crippen LogP contribution in [0, 0.1) is 17.8 Å². The van der Waals surface area contributed by atoms with E-state index in [0.717, 1.165) is 12.8 Å². The van der Waals surface area contributed by atoms with Crippen molar-refractivity contribution in [1.29, 1.82) is 0 Å². The summed E-state index contributed by atoms with van der Waals surface area (Å²) in [6, 6.07) is 0. The Labute approximate surface area is 135 Å². The number of halogens is 2. The van der Waals surface area contributed by atoms with Gasteiger partial charge in [0.05, 0.1) is 5.56 Å². The lowest BCUT2D eigenvalue weighted by molar-refractivity contribution is 0.0765. The molecule has 1 saturated heterocycles. The predicted octanol–water partition coefficient (Wildman–Crippen LogP) is 3.51. The van der Waals surface area contributed by atoms with Crippen LogP contribution >= 0.6 is 0 Å². The summed E-state index contributed by atoms with van der Waals surface area (Å²) in [4.78, 5) is 14.4. The Balaban J connectivity index is 1.80. The summed E-state index contributed by atoms with van der Waals surface area (Å²) < 4.78 is 28.1. The molecule has 23 heavy (non-hydrogen) atoms. The smallest absolute Gasteiger partial charge is 0.274 e. The van der Waals surface area contributed by atoms with E-state index in [1.807, 2.05) is 13.8 Å². The highest BCUT2D eigenvalue weighted by atomic mass is 19.3. The number of fused-ring (bicyclic) bond motifs is 1. The molecule has 1 aliphatic heterocycles. The van der Waals surface area contributed by atoms with Crippen LogP contribution in [0.25, 0.3) is 0 Å². The Morgan fingerprint density at radius 2 is 1.87 bits per heavy atom. The highest BCUT2D eigenvalue weighted by Gasteiger charge is 2.37. The molecule has 2 heterocycles. The van der Waals surface area contributed by atoms with Gasteiger partial charge < -0.3 is 4.90 Å². The van der Waals surface area contributed by atoms with Crippen LogP contribution in [0.15, 0.2) is 18.3 Å². The molecule has 4 nitrogen and oxygen atoms in total. The lowest BCUT2D eigenvalue weighted by Crippen LogP contribution is -2.30. The number of amides is 1. The van der Waals surface area contributed by atoms with Gasteiger partial charge in [-0.1, -0.05) is 26.0 Å². The molecule has 6 heteroatoms. The van der Waals surface area contributed by atoms with E-state index in [0.29, 0.717) is 31.5 Å². The SMILES string of the molecule is CC(C)Cn1cc(C(F)F)c(C(=O)N2C[C@H]3CC=CC[C@H]3C2)n1. The number of likely N-dealkylation sites (tertiary alicyclic amines) is 1. The van der Waals surface area contributed by atoms with Gasteiger partial charge in [-0.05, 0) is 30.6 Å². The van der Waals surface area contributed by atoms with Crippen LogP contribution in [0.5, 0.6) is 0 Å². The van der Waals surface area contributed by atoms with Crippen LogP contribution in [-0.2, 0) is 6.54 Å². The number of carbonyl (C=O) groups excluding carboxylic acids is 1. The van der Waals surface area contributed by atoms with Crippen molar-refractivity contribution in [2.75, 3.05) is 13.1 Å². The van der Waals surface area contributed by atoms with E-state index in [1.165, 1.54) is 10.9 Å². The number of nitrogens with zero attached hydrogens (tertiary/aromatic N) is 3. The van der Waals surface area contributed by atoms with E-state index in [9.17, 15) is 13.6 Å². The number of hydrogen-bond acceptors (Lipinski definition) is 2. The summed E-state index contributed by atoms with van der Waals surface area (Å²) >= 11 is 0. The van der Waals surface area contributed by atoms with Crippen molar-refractivity contribution < 1.29 is 13.6 Å². The molecule has 2 atom stereocenters. The molecule has 2 aliphatic rings. The molecule has 1 fully saturated rings. The van der Waals surface area contributed by atoms with Crippen molar-refractivity contribution in [2.24, 2.45) is 17.8 Å². The molecule has 1 amide bonds. The number of rotatable bonds is 4. The van der Waals surface area contributed by atoms with Gasteiger partial charge >= 0.3 is 0 Å². The Bertz CT molecular complexity index is 593. The average molecular weight is 323 g/mol. The Morgan fingerprint density at radius 1 is 1.26 bits per heavy atom. The fourth-order valence-corrected chi connectivity index (χ4v) is 3.56. The number of carbonyl (C=O) groups is 1. The van der Waals surface area contributed by atoms with Crippen molar-refractivity contribution in [1.82, 2.24) is 14.7 Å². The highest BCUT2D eigenvalue weighted by molar-refractivity contribution is 5.94. The number of allylic oxidation sites excluding steroid dienone is 2. The largest absolute Gasteiger partial charge is 0.337 e. The minimum atomic E-state index is -2.68. The van der Waals surface area contributed by atoms with Crippen LogP contribution < -0.4 is 0 Å². The number of aromatic nitrogens is 2. The fraction of sp³-hybridized carbons (Fsp3) is 0.647. The summed E-state index contributed by atoms with van der Waals surface area (Å²) in [6.07, 6.45) is 4.88. The van der Waals surface area contributed by atoms with Gasteiger partial charge in [-0.3, -0.25) is 9.48 Å². The van der Waals surface area contributed by atoms with Gasteiger partial charge in [0.2, 0.25) is 0 Å². The summed E-state index contributed by atoms with van der Waals surface area (Å²) in [7, 11) is 0. The first-order valence-electron chi connectivity index (χ1n) is 8.25. The van der Waals surface area contributed by atoms with Gasteiger partial charge in [-0.25, -0.2) is 8.78 Å². The van der Waals surface area contributed by atoms with Crippen LogP contribution in [-0.4, -0.2) is 33.7 Å². The van der Waals surface area contributed by atoms with Crippen molar-refractivity contribution in [3.8, 4) is 0 Å². The molecule has 1 aromatic rings. The maximum absolute atomic E-state index is 13.3. The Hall–Kier alpha value is -1.72. The van der Waals surface area contributed by atoms with Crippen LogP contribution in [0.1, 0.15) is 49.2 Å². The van der Waals surface area contributed by atoms with Crippen LogP contribution in [0.4, 0.5) is 8.78 Å². The van der Waals surface area contributed by atoms with E-state index in [-0.39, 0.29) is 23.1 Å². The molecule has 0 bridgehead atoms. The lowest BCUT2D eigenvalue weighted by Gasteiger charge is -2.17. The predicted molar refractivity (Wildman–Crippen MR) is 83.3 cm³/mol. The second kappa shape index (κ2) is 6.42. The van der Waals surface area contributed by atoms with E-state index >= 15 is 0 Å². The third kappa shape index (κ3) is 3.31. The van der Waals surface area contributed by atoms with Gasteiger partial charge in [-0.15, -0.1) is 0 Å².